The minimum atomic E-state index is -0.412. The zero-order valence-electron chi connectivity index (χ0n) is 9.88. The zero-order chi connectivity index (χ0) is 11.5. The lowest BCUT2D eigenvalue weighted by Crippen LogP contribution is -2.46. The lowest BCUT2D eigenvalue weighted by molar-refractivity contribution is 0.0450. The Morgan fingerprint density at radius 3 is 2.53 bits per heavy atom. The predicted molar refractivity (Wildman–Crippen MR) is 59.6 cm³/mol. The maximum absolute atomic E-state index is 11.4. The van der Waals surface area contributed by atoms with Gasteiger partial charge < -0.3 is 15.8 Å². The van der Waals surface area contributed by atoms with Crippen molar-refractivity contribution in [2.75, 3.05) is 6.54 Å². The molecule has 3 N–H and O–H groups in total. The molecular formula is C11H22N2O2. The van der Waals surface area contributed by atoms with E-state index in [1.165, 1.54) is 0 Å². The maximum atomic E-state index is 11.4. The fourth-order valence-electron chi connectivity index (χ4n) is 1.80. The van der Waals surface area contributed by atoms with Crippen LogP contribution in [0.1, 0.15) is 40.0 Å². The Hall–Kier alpha value is -0.770. The Morgan fingerprint density at radius 1 is 1.47 bits per heavy atom. The van der Waals surface area contributed by atoms with Crippen LogP contribution in [0.2, 0.25) is 0 Å². The third-order valence-electron chi connectivity index (χ3n) is 2.53. The Bertz CT molecular complexity index is 217. The molecule has 0 atom stereocenters. The summed E-state index contributed by atoms with van der Waals surface area (Å²) in [6.45, 7) is 6.34. The summed E-state index contributed by atoms with van der Waals surface area (Å²) in [6, 6.07) is 0.288. The van der Waals surface area contributed by atoms with Crippen LogP contribution in [0, 0.1) is 5.92 Å². The van der Waals surface area contributed by atoms with E-state index >= 15 is 0 Å². The van der Waals surface area contributed by atoms with Gasteiger partial charge in [0.25, 0.3) is 0 Å². The minimum Gasteiger partial charge on any atom is -0.444 e. The fraction of sp³-hybridized carbons (Fsp3) is 0.909. The second-order valence-electron chi connectivity index (χ2n) is 5.26. The van der Waals surface area contributed by atoms with E-state index in [2.05, 4.69) is 5.32 Å². The summed E-state index contributed by atoms with van der Waals surface area (Å²) in [6.07, 6.45) is 2.83. The first-order chi connectivity index (χ1) is 6.90. The molecule has 1 rings (SSSR count). The number of carbonyl (C=O) groups is 1. The number of alkyl carbamates (subject to hydrolysis) is 1. The molecule has 4 heteroatoms. The van der Waals surface area contributed by atoms with E-state index in [9.17, 15) is 4.79 Å². The summed E-state index contributed by atoms with van der Waals surface area (Å²) in [4.78, 5) is 11.4. The summed E-state index contributed by atoms with van der Waals surface area (Å²) in [5.74, 6) is 0.690. The van der Waals surface area contributed by atoms with Gasteiger partial charge in [-0.3, -0.25) is 0 Å². The highest BCUT2D eigenvalue weighted by Gasteiger charge is 2.30. The second kappa shape index (κ2) is 4.84. The smallest absolute Gasteiger partial charge is 0.407 e. The molecule has 1 aliphatic rings. The standard InChI is InChI=1S/C11H22N2O2/c1-11(2,3)15-10(14)13-9-6-8(7-9)4-5-12/h8-9H,4-7,12H2,1-3H3,(H,13,14). The van der Waals surface area contributed by atoms with Crippen molar-refractivity contribution < 1.29 is 9.53 Å². The van der Waals surface area contributed by atoms with Gasteiger partial charge in [-0.05, 0) is 52.5 Å². The largest absolute Gasteiger partial charge is 0.444 e. The molecule has 1 saturated carbocycles. The molecule has 0 aromatic carbocycles. The molecule has 0 aliphatic heterocycles. The first kappa shape index (κ1) is 12.3. The summed E-state index contributed by atoms with van der Waals surface area (Å²) in [5, 5.41) is 2.86. The van der Waals surface area contributed by atoms with Crippen molar-refractivity contribution in [2.45, 2.75) is 51.7 Å². The lowest BCUT2D eigenvalue weighted by Gasteiger charge is -2.36. The maximum Gasteiger partial charge on any atom is 0.407 e. The van der Waals surface area contributed by atoms with Crippen LogP contribution in [-0.4, -0.2) is 24.3 Å². The lowest BCUT2D eigenvalue weighted by atomic mass is 9.78. The highest BCUT2D eigenvalue weighted by atomic mass is 16.6. The molecular weight excluding hydrogens is 192 g/mol. The molecule has 1 fully saturated rings. The van der Waals surface area contributed by atoms with Gasteiger partial charge in [-0.15, -0.1) is 0 Å². The van der Waals surface area contributed by atoms with Crippen LogP contribution in [0.5, 0.6) is 0 Å². The molecule has 0 saturated heterocycles. The number of nitrogens with two attached hydrogens (primary N) is 1. The monoisotopic (exact) mass is 214 g/mol. The van der Waals surface area contributed by atoms with Crippen molar-refractivity contribution in [2.24, 2.45) is 11.7 Å². The molecule has 0 aromatic heterocycles. The molecule has 1 amide bonds. The number of hydrogen-bond donors (Lipinski definition) is 2. The van der Waals surface area contributed by atoms with Crippen molar-refractivity contribution in [3.63, 3.8) is 0 Å². The normalized spacial score (nSPS) is 25.6. The molecule has 0 bridgehead atoms. The molecule has 0 heterocycles. The molecule has 4 nitrogen and oxygen atoms in total. The zero-order valence-corrected chi connectivity index (χ0v) is 9.88. The molecule has 0 unspecified atom stereocenters. The van der Waals surface area contributed by atoms with Crippen molar-refractivity contribution in [3.8, 4) is 0 Å². The van der Waals surface area contributed by atoms with E-state index in [4.69, 9.17) is 10.5 Å². The fourth-order valence-corrected chi connectivity index (χ4v) is 1.80. The second-order valence-corrected chi connectivity index (χ2v) is 5.26. The van der Waals surface area contributed by atoms with Crippen LogP contribution in [0.4, 0.5) is 4.79 Å². The topological polar surface area (TPSA) is 64.3 Å². The number of amides is 1. The summed E-state index contributed by atoms with van der Waals surface area (Å²) < 4.78 is 5.16. The highest BCUT2D eigenvalue weighted by molar-refractivity contribution is 5.68. The first-order valence-electron chi connectivity index (χ1n) is 5.60. The third-order valence-corrected chi connectivity index (χ3v) is 2.53. The van der Waals surface area contributed by atoms with Gasteiger partial charge in [0.15, 0.2) is 0 Å². The summed E-state index contributed by atoms with van der Waals surface area (Å²) in [7, 11) is 0. The van der Waals surface area contributed by atoms with Crippen LogP contribution < -0.4 is 11.1 Å². The van der Waals surface area contributed by atoms with E-state index < -0.39 is 5.60 Å². The van der Waals surface area contributed by atoms with Gasteiger partial charge in [0, 0.05) is 6.04 Å². The first-order valence-corrected chi connectivity index (χ1v) is 5.60. The Labute approximate surface area is 91.5 Å². The van der Waals surface area contributed by atoms with E-state index in [-0.39, 0.29) is 12.1 Å². The van der Waals surface area contributed by atoms with E-state index in [0.29, 0.717) is 5.92 Å². The van der Waals surface area contributed by atoms with Gasteiger partial charge >= 0.3 is 6.09 Å². The summed E-state index contributed by atoms with van der Waals surface area (Å²) >= 11 is 0. The third kappa shape index (κ3) is 4.51. The number of carbonyl (C=O) groups excluding carboxylic acids is 1. The van der Waals surface area contributed by atoms with Crippen molar-refractivity contribution >= 4 is 6.09 Å². The quantitative estimate of drug-likeness (QED) is 0.750. The summed E-state index contributed by atoms with van der Waals surface area (Å²) in [5.41, 5.74) is 5.04. The SMILES string of the molecule is CC(C)(C)OC(=O)NC1CC(CCN)C1. The average Bonchev–Trinajstić information content (AvgIpc) is 1.97. The minimum absolute atomic E-state index is 0.288. The Morgan fingerprint density at radius 2 is 2.07 bits per heavy atom. The number of nitrogens with one attached hydrogen (secondary N) is 1. The molecule has 0 radical (unpaired) electrons. The Kier molecular flexibility index (Phi) is 3.97. The number of hydrogen-bond acceptors (Lipinski definition) is 3. The molecule has 15 heavy (non-hydrogen) atoms. The molecule has 1 aliphatic carbocycles. The molecule has 0 aromatic rings. The van der Waals surface area contributed by atoms with Crippen LogP contribution >= 0.6 is 0 Å². The average molecular weight is 214 g/mol. The van der Waals surface area contributed by atoms with Gasteiger partial charge in [0.05, 0.1) is 0 Å². The number of ether oxygens (including phenoxy) is 1. The van der Waals surface area contributed by atoms with Crippen LogP contribution in [0.25, 0.3) is 0 Å². The van der Waals surface area contributed by atoms with Gasteiger partial charge in [0.2, 0.25) is 0 Å². The molecule has 88 valence electrons. The van der Waals surface area contributed by atoms with E-state index in [1.54, 1.807) is 0 Å². The van der Waals surface area contributed by atoms with E-state index in [1.807, 2.05) is 20.8 Å². The van der Waals surface area contributed by atoms with Crippen molar-refractivity contribution in [1.82, 2.24) is 5.32 Å². The molecule has 0 spiro atoms. The highest BCUT2D eigenvalue weighted by Crippen LogP contribution is 2.29. The van der Waals surface area contributed by atoms with Crippen LogP contribution in [-0.2, 0) is 4.74 Å². The van der Waals surface area contributed by atoms with Gasteiger partial charge in [0.1, 0.15) is 5.60 Å². The number of rotatable bonds is 3. The predicted octanol–water partition coefficient (Wildman–Crippen LogP) is 1.64. The van der Waals surface area contributed by atoms with Crippen molar-refractivity contribution in [3.05, 3.63) is 0 Å². The van der Waals surface area contributed by atoms with Gasteiger partial charge in [-0.1, -0.05) is 0 Å². The van der Waals surface area contributed by atoms with E-state index in [0.717, 1.165) is 25.8 Å². The van der Waals surface area contributed by atoms with Crippen LogP contribution in [0.15, 0.2) is 0 Å². The van der Waals surface area contributed by atoms with Crippen molar-refractivity contribution in [1.29, 1.82) is 0 Å². The Balaban J connectivity index is 2.14. The van der Waals surface area contributed by atoms with Crippen LogP contribution in [0.3, 0.4) is 0 Å². The van der Waals surface area contributed by atoms with Gasteiger partial charge in [-0.25, -0.2) is 4.79 Å². The van der Waals surface area contributed by atoms with Gasteiger partial charge in [-0.2, -0.15) is 0 Å².